The van der Waals surface area contributed by atoms with Crippen LogP contribution in [-0.2, 0) is 4.74 Å². The van der Waals surface area contributed by atoms with Crippen molar-refractivity contribution in [3.05, 3.63) is 32.9 Å². The highest BCUT2D eigenvalue weighted by Crippen LogP contribution is 2.32. The summed E-state index contributed by atoms with van der Waals surface area (Å²) in [6.45, 7) is -0.201. The van der Waals surface area contributed by atoms with E-state index in [0.29, 0.717) is 6.42 Å². The third-order valence-electron chi connectivity index (χ3n) is 2.58. The number of hydrogen-bond donors (Lipinski definition) is 2. The quantitative estimate of drug-likeness (QED) is 0.736. The molecule has 0 aromatic carbocycles. The Labute approximate surface area is 103 Å². The molecule has 2 rings (SSSR count). The molecular formula is C9H10BrFN2O4. The van der Waals surface area contributed by atoms with Gasteiger partial charge in [0.1, 0.15) is 6.23 Å². The van der Waals surface area contributed by atoms with E-state index in [1.165, 1.54) is 0 Å². The minimum atomic E-state index is -1.06. The number of H-pyrrole nitrogens is 1. The summed E-state index contributed by atoms with van der Waals surface area (Å²) in [5.41, 5.74) is -1.79. The first-order valence-corrected chi connectivity index (χ1v) is 5.86. The smallest absolute Gasteiger partial charge is 0.330 e. The van der Waals surface area contributed by atoms with Gasteiger partial charge in [-0.1, -0.05) is 15.9 Å². The fourth-order valence-corrected chi connectivity index (χ4v) is 2.31. The van der Waals surface area contributed by atoms with Crippen molar-refractivity contribution in [1.82, 2.24) is 9.55 Å². The molecule has 17 heavy (non-hydrogen) atoms. The maximum absolute atomic E-state index is 13.1. The van der Waals surface area contributed by atoms with Crippen LogP contribution in [0.2, 0.25) is 0 Å². The zero-order valence-corrected chi connectivity index (χ0v) is 10.2. The first-order chi connectivity index (χ1) is 8.02. The molecule has 0 amide bonds. The van der Waals surface area contributed by atoms with Gasteiger partial charge in [0.15, 0.2) is 0 Å². The highest BCUT2D eigenvalue weighted by molar-refractivity contribution is 9.09. The lowest BCUT2D eigenvalue weighted by molar-refractivity contribution is -0.0239. The number of aromatic nitrogens is 2. The van der Waals surface area contributed by atoms with Crippen molar-refractivity contribution >= 4 is 15.9 Å². The van der Waals surface area contributed by atoms with Crippen LogP contribution in [0.25, 0.3) is 0 Å². The molecule has 1 aromatic rings. The normalized spacial score (nSPS) is 28.5. The number of aromatic amines is 1. The molecule has 0 radical (unpaired) electrons. The van der Waals surface area contributed by atoms with Crippen LogP contribution in [-0.4, -0.2) is 32.2 Å². The highest BCUT2D eigenvalue weighted by atomic mass is 79.9. The molecule has 3 atom stereocenters. The molecule has 0 aliphatic carbocycles. The van der Waals surface area contributed by atoms with Crippen LogP contribution >= 0.6 is 15.9 Å². The fraction of sp³-hybridized carbons (Fsp3) is 0.556. The summed E-state index contributed by atoms with van der Waals surface area (Å²) in [7, 11) is 0. The monoisotopic (exact) mass is 308 g/mol. The molecule has 0 spiro atoms. The SMILES string of the molecule is O=c1[nH]c(=O)n([C@H]2C[C@@H](Br)[C@@H](CO)O2)cc1F. The summed E-state index contributed by atoms with van der Waals surface area (Å²) in [5, 5.41) is 8.99. The van der Waals surface area contributed by atoms with Crippen molar-refractivity contribution in [2.45, 2.75) is 23.6 Å². The van der Waals surface area contributed by atoms with Crippen molar-refractivity contribution in [2.75, 3.05) is 6.61 Å². The highest BCUT2D eigenvalue weighted by Gasteiger charge is 2.34. The number of ether oxygens (including phenoxy) is 1. The van der Waals surface area contributed by atoms with E-state index in [-0.39, 0.29) is 11.4 Å². The Balaban J connectivity index is 2.34. The molecule has 0 unspecified atom stereocenters. The third-order valence-corrected chi connectivity index (χ3v) is 3.54. The molecule has 1 saturated heterocycles. The van der Waals surface area contributed by atoms with Gasteiger partial charge in [-0.2, -0.15) is 4.39 Å². The van der Waals surface area contributed by atoms with Gasteiger partial charge in [-0.25, -0.2) is 4.79 Å². The Bertz CT molecular complexity index is 528. The van der Waals surface area contributed by atoms with Gasteiger partial charge in [-0.05, 0) is 0 Å². The van der Waals surface area contributed by atoms with Gasteiger partial charge in [-0.3, -0.25) is 14.3 Å². The van der Waals surface area contributed by atoms with Gasteiger partial charge < -0.3 is 9.84 Å². The lowest BCUT2D eigenvalue weighted by Gasteiger charge is -2.14. The third kappa shape index (κ3) is 2.33. The molecule has 0 saturated carbocycles. The molecule has 1 aliphatic heterocycles. The van der Waals surface area contributed by atoms with Crippen LogP contribution in [0.4, 0.5) is 4.39 Å². The van der Waals surface area contributed by atoms with Gasteiger partial charge in [0.2, 0.25) is 5.82 Å². The van der Waals surface area contributed by atoms with E-state index in [2.05, 4.69) is 15.9 Å². The van der Waals surface area contributed by atoms with Crippen LogP contribution in [0, 0.1) is 5.82 Å². The van der Waals surface area contributed by atoms with Gasteiger partial charge >= 0.3 is 5.69 Å². The number of rotatable bonds is 2. The molecule has 8 heteroatoms. The number of nitrogens with one attached hydrogen (secondary N) is 1. The van der Waals surface area contributed by atoms with E-state index in [1.54, 1.807) is 0 Å². The lowest BCUT2D eigenvalue weighted by atomic mass is 10.2. The molecule has 1 aromatic heterocycles. The average molecular weight is 309 g/mol. The summed E-state index contributed by atoms with van der Waals surface area (Å²) < 4.78 is 19.4. The molecule has 1 aliphatic rings. The van der Waals surface area contributed by atoms with E-state index in [1.807, 2.05) is 4.98 Å². The number of aliphatic hydroxyl groups excluding tert-OH is 1. The Morgan fingerprint density at radius 2 is 2.35 bits per heavy atom. The molecule has 0 bridgehead atoms. The Morgan fingerprint density at radius 1 is 1.65 bits per heavy atom. The molecule has 94 valence electrons. The van der Waals surface area contributed by atoms with Crippen molar-refractivity contribution in [1.29, 1.82) is 0 Å². The summed E-state index contributed by atoms with van der Waals surface area (Å²) in [6.07, 6.45) is 0.0549. The first kappa shape index (κ1) is 12.5. The predicted molar refractivity (Wildman–Crippen MR) is 59.6 cm³/mol. The summed E-state index contributed by atoms with van der Waals surface area (Å²) in [4.78, 5) is 24.0. The van der Waals surface area contributed by atoms with E-state index in [9.17, 15) is 14.0 Å². The Kier molecular flexibility index (Phi) is 3.45. The van der Waals surface area contributed by atoms with E-state index >= 15 is 0 Å². The van der Waals surface area contributed by atoms with Crippen molar-refractivity contribution in [2.24, 2.45) is 0 Å². The fourth-order valence-electron chi connectivity index (χ4n) is 1.70. The maximum Gasteiger partial charge on any atom is 0.330 e. The van der Waals surface area contributed by atoms with E-state index in [0.717, 1.165) is 10.8 Å². The summed E-state index contributed by atoms with van der Waals surface area (Å²) in [6, 6.07) is 0. The van der Waals surface area contributed by atoms with E-state index in [4.69, 9.17) is 9.84 Å². The molecule has 1 fully saturated rings. The van der Waals surface area contributed by atoms with Crippen LogP contribution in [0.1, 0.15) is 12.6 Å². The van der Waals surface area contributed by atoms with Crippen LogP contribution < -0.4 is 11.2 Å². The largest absolute Gasteiger partial charge is 0.394 e. The number of alkyl halides is 1. The second-order valence-electron chi connectivity index (χ2n) is 3.71. The molecular weight excluding hydrogens is 299 g/mol. The minimum absolute atomic E-state index is 0.126. The topological polar surface area (TPSA) is 84.3 Å². The minimum Gasteiger partial charge on any atom is -0.394 e. The predicted octanol–water partition coefficient (Wildman–Crippen LogP) is -0.281. The summed E-state index contributed by atoms with van der Waals surface area (Å²) >= 11 is 3.29. The average Bonchev–Trinajstić information content (AvgIpc) is 2.65. The second kappa shape index (κ2) is 4.71. The van der Waals surface area contributed by atoms with Crippen molar-refractivity contribution in [3.63, 3.8) is 0 Å². The zero-order valence-electron chi connectivity index (χ0n) is 8.60. The van der Waals surface area contributed by atoms with Gasteiger partial charge in [-0.15, -0.1) is 0 Å². The van der Waals surface area contributed by atoms with Crippen LogP contribution in [0.3, 0.4) is 0 Å². The van der Waals surface area contributed by atoms with Crippen molar-refractivity contribution < 1.29 is 14.2 Å². The maximum atomic E-state index is 13.1. The van der Waals surface area contributed by atoms with Crippen LogP contribution in [0.15, 0.2) is 15.8 Å². The summed E-state index contributed by atoms with van der Waals surface area (Å²) in [5.74, 6) is -1.05. The van der Waals surface area contributed by atoms with E-state index < -0.39 is 29.4 Å². The Morgan fingerprint density at radius 3 is 2.94 bits per heavy atom. The standard InChI is InChI=1S/C9H10BrFN2O4/c10-4-1-7(17-6(4)3-14)13-2-5(11)8(15)12-9(13)16/h2,4,6-7,14H,1,3H2,(H,12,15,16)/t4-,6-,7-/m1/s1. The zero-order chi connectivity index (χ0) is 12.6. The number of aliphatic hydroxyl groups is 1. The van der Waals surface area contributed by atoms with Crippen molar-refractivity contribution in [3.8, 4) is 0 Å². The van der Waals surface area contributed by atoms with Gasteiger partial charge in [0, 0.05) is 11.2 Å². The lowest BCUT2D eigenvalue weighted by Crippen LogP contribution is -2.34. The van der Waals surface area contributed by atoms with Gasteiger partial charge in [0.25, 0.3) is 5.56 Å². The van der Waals surface area contributed by atoms with Gasteiger partial charge in [0.05, 0.1) is 18.9 Å². The Hall–Kier alpha value is -0.990. The molecule has 2 N–H and O–H groups in total. The molecule has 2 heterocycles. The number of halogens is 2. The number of nitrogens with zero attached hydrogens (tertiary/aromatic N) is 1. The number of hydrogen-bond acceptors (Lipinski definition) is 4. The second-order valence-corrected chi connectivity index (χ2v) is 4.88. The van der Waals surface area contributed by atoms with Crippen LogP contribution in [0.5, 0.6) is 0 Å². The first-order valence-electron chi connectivity index (χ1n) is 4.94. The molecule has 6 nitrogen and oxygen atoms in total.